The maximum Gasteiger partial charge on any atom is 0.225 e. The summed E-state index contributed by atoms with van der Waals surface area (Å²) < 4.78 is 0. The molecular formula is C19H31N5O. The second-order valence-electron chi connectivity index (χ2n) is 7.59. The summed E-state index contributed by atoms with van der Waals surface area (Å²) in [5.41, 5.74) is 0. The molecule has 25 heavy (non-hydrogen) atoms. The van der Waals surface area contributed by atoms with Crippen LogP contribution in [0.1, 0.15) is 39.5 Å². The Labute approximate surface area is 151 Å². The third-order valence-corrected chi connectivity index (χ3v) is 5.84. The minimum absolute atomic E-state index is 0.262. The van der Waals surface area contributed by atoms with Crippen LogP contribution in [0, 0.1) is 11.8 Å². The van der Waals surface area contributed by atoms with Gasteiger partial charge in [-0.05, 0) is 37.2 Å². The van der Waals surface area contributed by atoms with Gasteiger partial charge in [0.05, 0.1) is 0 Å². The van der Waals surface area contributed by atoms with Crippen molar-refractivity contribution < 1.29 is 4.79 Å². The summed E-state index contributed by atoms with van der Waals surface area (Å²) in [7, 11) is 0. The number of aromatic nitrogens is 2. The number of carbonyl (C=O) groups excluding carboxylic acids is 1. The summed E-state index contributed by atoms with van der Waals surface area (Å²) >= 11 is 0. The molecule has 2 fully saturated rings. The first-order valence-electron chi connectivity index (χ1n) is 9.66. The smallest absolute Gasteiger partial charge is 0.225 e. The van der Waals surface area contributed by atoms with Crippen molar-refractivity contribution in [1.82, 2.24) is 20.2 Å². The third-order valence-electron chi connectivity index (χ3n) is 5.84. The van der Waals surface area contributed by atoms with Crippen LogP contribution in [0.2, 0.25) is 0 Å². The first kappa shape index (κ1) is 18.1. The molecule has 138 valence electrons. The molecule has 6 heteroatoms. The highest BCUT2D eigenvalue weighted by molar-refractivity contribution is 5.76. The quantitative estimate of drug-likeness (QED) is 0.883. The number of hydrogen-bond donors (Lipinski definition) is 1. The van der Waals surface area contributed by atoms with Gasteiger partial charge < -0.3 is 15.1 Å². The van der Waals surface area contributed by atoms with Gasteiger partial charge in [0, 0.05) is 57.6 Å². The molecule has 0 aromatic carbocycles. The van der Waals surface area contributed by atoms with E-state index in [4.69, 9.17) is 0 Å². The molecule has 0 spiro atoms. The Balaban J connectivity index is 1.36. The lowest BCUT2D eigenvalue weighted by Gasteiger charge is -2.35. The van der Waals surface area contributed by atoms with Crippen LogP contribution in [-0.4, -0.2) is 59.5 Å². The molecule has 1 aromatic rings. The third kappa shape index (κ3) is 4.91. The fourth-order valence-corrected chi connectivity index (χ4v) is 3.88. The predicted octanol–water partition coefficient (Wildman–Crippen LogP) is 1.93. The highest BCUT2D eigenvalue weighted by Crippen LogP contribution is 2.29. The minimum atomic E-state index is 0.262. The molecular weight excluding hydrogens is 314 g/mol. The number of nitrogens with one attached hydrogen (secondary N) is 1. The monoisotopic (exact) mass is 345 g/mol. The number of nitrogens with zero attached hydrogens (tertiary/aromatic N) is 4. The zero-order valence-electron chi connectivity index (χ0n) is 15.5. The van der Waals surface area contributed by atoms with E-state index < -0.39 is 0 Å². The largest absolute Gasteiger partial charge is 0.339 e. The van der Waals surface area contributed by atoms with Crippen LogP contribution in [0.25, 0.3) is 0 Å². The number of hydrogen-bond acceptors (Lipinski definition) is 5. The molecule has 3 atom stereocenters. The molecule has 1 N–H and O–H groups in total. The van der Waals surface area contributed by atoms with Crippen LogP contribution < -0.4 is 10.2 Å². The van der Waals surface area contributed by atoms with E-state index in [9.17, 15) is 4.79 Å². The van der Waals surface area contributed by atoms with Crippen molar-refractivity contribution >= 4 is 11.9 Å². The van der Waals surface area contributed by atoms with E-state index in [1.807, 2.05) is 11.0 Å². The Bertz CT molecular complexity index is 544. The molecule has 2 heterocycles. The van der Waals surface area contributed by atoms with E-state index in [0.717, 1.165) is 50.5 Å². The van der Waals surface area contributed by atoms with Crippen molar-refractivity contribution in [2.24, 2.45) is 11.8 Å². The lowest BCUT2D eigenvalue weighted by Crippen LogP contribution is -2.49. The van der Waals surface area contributed by atoms with E-state index in [0.29, 0.717) is 12.5 Å². The molecule has 1 saturated carbocycles. The van der Waals surface area contributed by atoms with E-state index in [-0.39, 0.29) is 5.91 Å². The summed E-state index contributed by atoms with van der Waals surface area (Å²) in [5.74, 6) is 2.65. The van der Waals surface area contributed by atoms with Gasteiger partial charge in [-0.15, -0.1) is 0 Å². The Morgan fingerprint density at radius 3 is 2.52 bits per heavy atom. The van der Waals surface area contributed by atoms with Gasteiger partial charge in [-0.2, -0.15) is 0 Å². The molecule has 1 aliphatic carbocycles. The van der Waals surface area contributed by atoms with Crippen LogP contribution in [0.15, 0.2) is 18.5 Å². The second-order valence-corrected chi connectivity index (χ2v) is 7.59. The zero-order valence-corrected chi connectivity index (χ0v) is 15.5. The summed E-state index contributed by atoms with van der Waals surface area (Å²) in [4.78, 5) is 25.1. The van der Waals surface area contributed by atoms with Crippen molar-refractivity contribution in [1.29, 1.82) is 0 Å². The number of amides is 1. The van der Waals surface area contributed by atoms with Crippen LogP contribution in [0.3, 0.4) is 0 Å². The van der Waals surface area contributed by atoms with E-state index >= 15 is 0 Å². The summed E-state index contributed by atoms with van der Waals surface area (Å²) in [6.07, 6.45) is 7.91. The maximum absolute atomic E-state index is 12.4. The second kappa shape index (κ2) is 8.61. The highest BCUT2D eigenvalue weighted by atomic mass is 16.2. The topological polar surface area (TPSA) is 61.4 Å². The Morgan fingerprint density at radius 2 is 1.84 bits per heavy atom. The Morgan fingerprint density at radius 1 is 1.12 bits per heavy atom. The number of anilines is 1. The summed E-state index contributed by atoms with van der Waals surface area (Å²) in [6, 6.07) is 2.41. The molecule has 0 unspecified atom stereocenters. The molecule has 0 radical (unpaired) electrons. The van der Waals surface area contributed by atoms with Crippen molar-refractivity contribution in [2.75, 3.05) is 37.6 Å². The first-order valence-corrected chi connectivity index (χ1v) is 9.66. The van der Waals surface area contributed by atoms with Crippen LogP contribution in [-0.2, 0) is 4.79 Å². The van der Waals surface area contributed by atoms with Crippen LogP contribution >= 0.6 is 0 Å². The molecule has 1 saturated heterocycles. The van der Waals surface area contributed by atoms with Gasteiger partial charge in [0.2, 0.25) is 11.9 Å². The van der Waals surface area contributed by atoms with Gasteiger partial charge in [-0.1, -0.05) is 13.8 Å². The minimum Gasteiger partial charge on any atom is -0.339 e. The summed E-state index contributed by atoms with van der Waals surface area (Å²) in [5, 5.41) is 3.60. The fraction of sp³-hybridized carbons (Fsp3) is 0.737. The molecule has 1 aliphatic heterocycles. The molecule has 3 rings (SSSR count). The lowest BCUT2D eigenvalue weighted by atomic mass is 9.79. The van der Waals surface area contributed by atoms with Crippen molar-refractivity contribution in [2.45, 2.75) is 45.6 Å². The number of rotatable bonds is 5. The standard InChI is InChI=1S/C19H31N5O/c1-15-4-5-17(14-16(15)2)20-9-6-18(25)23-10-12-24(13-11-23)19-21-7-3-8-22-19/h3,7-8,15-17,20H,4-6,9-14H2,1-2H3/t15-,16-,17-/m1/s1. The van der Waals surface area contributed by atoms with Crippen molar-refractivity contribution in [3.63, 3.8) is 0 Å². The predicted molar refractivity (Wildman–Crippen MR) is 99.4 cm³/mol. The SMILES string of the molecule is C[C@@H]1CC[C@@H](NCCC(=O)N2CCN(c3ncccn3)CC2)C[C@H]1C. The average molecular weight is 345 g/mol. The lowest BCUT2D eigenvalue weighted by molar-refractivity contribution is -0.131. The van der Waals surface area contributed by atoms with Gasteiger partial charge >= 0.3 is 0 Å². The number of carbonyl (C=O) groups is 1. The number of piperazine rings is 1. The van der Waals surface area contributed by atoms with E-state index in [1.54, 1.807) is 12.4 Å². The van der Waals surface area contributed by atoms with Gasteiger partial charge in [0.15, 0.2) is 0 Å². The molecule has 1 amide bonds. The Hall–Kier alpha value is -1.69. The van der Waals surface area contributed by atoms with Gasteiger partial charge in [0.25, 0.3) is 0 Å². The molecule has 1 aromatic heterocycles. The zero-order chi connectivity index (χ0) is 17.6. The highest BCUT2D eigenvalue weighted by Gasteiger charge is 2.25. The van der Waals surface area contributed by atoms with Crippen LogP contribution in [0.5, 0.6) is 0 Å². The Kier molecular flexibility index (Phi) is 6.24. The normalized spacial score (nSPS) is 27.4. The first-order chi connectivity index (χ1) is 12.1. The van der Waals surface area contributed by atoms with Crippen molar-refractivity contribution in [3.8, 4) is 0 Å². The average Bonchev–Trinajstić information content (AvgIpc) is 2.65. The van der Waals surface area contributed by atoms with Gasteiger partial charge in [-0.25, -0.2) is 9.97 Å². The molecule has 2 aliphatic rings. The van der Waals surface area contributed by atoms with Crippen LogP contribution in [0.4, 0.5) is 5.95 Å². The van der Waals surface area contributed by atoms with E-state index in [2.05, 4.69) is 34.0 Å². The molecule has 6 nitrogen and oxygen atoms in total. The maximum atomic E-state index is 12.4. The molecule has 0 bridgehead atoms. The van der Waals surface area contributed by atoms with Crippen molar-refractivity contribution in [3.05, 3.63) is 18.5 Å². The summed E-state index contributed by atoms with van der Waals surface area (Å²) in [6.45, 7) is 8.63. The fourth-order valence-electron chi connectivity index (χ4n) is 3.88. The van der Waals surface area contributed by atoms with Gasteiger partial charge in [0.1, 0.15) is 0 Å². The van der Waals surface area contributed by atoms with Gasteiger partial charge in [-0.3, -0.25) is 4.79 Å². The van der Waals surface area contributed by atoms with E-state index in [1.165, 1.54) is 19.3 Å².